The Bertz CT molecular complexity index is 873. The van der Waals surface area contributed by atoms with E-state index in [1.807, 2.05) is 0 Å². The Kier molecular flexibility index (Phi) is 6.17. The second-order valence-electron chi connectivity index (χ2n) is 6.55. The van der Waals surface area contributed by atoms with Crippen molar-refractivity contribution < 1.29 is 54.8 Å². The van der Waals surface area contributed by atoms with Crippen molar-refractivity contribution in [2.24, 2.45) is 0 Å². The summed E-state index contributed by atoms with van der Waals surface area (Å²) in [5, 5.41) is 68.0. The molecule has 0 spiro atoms. The molecule has 0 radical (unpaired) electrons. The van der Waals surface area contributed by atoms with Crippen molar-refractivity contribution in [2.45, 2.75) is 30.7 Å². The number of ether oxygens (including phenoxy) is 3. The predicted octanol–water partition coefficient (Wildman–Crippen LogP) is -0.448. The molecule has 1 aliphatic rings. The molecular weight excluding hydrogens is 404 g/mol. The zero-order valence-electron chi connectivity index (χ0n) is 15.3. The van der Waals surface area contributed by atoms with Crippen molar-refractivity contribution in [3.63, 3.8) is 0 Å². The van der Waals surface area contributed by atoms with E-state index in [0.717, 1.165) is 12.1 Å². The van der Waals surface area contributed by atoms with Gasteiger partial charge in [0.25, 0.3) is 0 Å². The number of rotatable bonds is 5. The lowest BCUT2D eigenvalue weighted by Crippen LogP contribution is -2.61. The molecular formula is C19H20O11. The Hall–Kier alpha value is -3.25. The SMILES string of the molecule is O=C(OC1C(CO)OC(Oc2ccc(O)cc2)C(O)C1O)c1cc(O)c(O)c(O)c1. The van der Waals surface area contributed by atoms with Crippen LogP contribution < -0.4 is 4.74 Å². The van der Waals surface area contributed by atoms with Crippen LogP contribution in [0.1, 0.15) is 10.4 Å². The summed E-state index contributed by atoms with van der Waals surface area (Å²) in [4.78, 5) is 12.3. The summed E-state index contributed by atoms with van der Waals surface area (Å²) in [6.07, 6.45) is -7.62. The number of hydrogen-bond acceptors (Lipinski definition) is 11. The first-order valence-corrected chi connectivity index (χ1v) is 8.75. The average Bonchev–Trinajstić information content (AvgIpc) is 2.72. The molecule has 7 N–H and O–H groups in total. The molecule has 11 heteroatoms. The molecule has 162 valence electrons. The highest BCUT2D eigenvalue weighted by Crippen LogP contribution is 2.36. The van der Waals surface area contributed by atoms with Crippen LogP contribution in [0.25, 0.3) is 0 Å². The molecule has 0 amide bonds. The van der Waals surface area contributed by atoms with Gasteiger partial charge in [0, 0.05) is 0 Å². The zero-order valence-corrected chi connectivity index (χ0v) is 15.3. The van der Waals surface area contributed by atoms with Gasteiger partial charge in [0.05, 0.1) is 12.2 Å². The first-order valence-electron chi connectivity index (χ1n) is 8.75. The number of benzene rings is 2. The van der Waals surface area contributed by atoms with E-state index in [4.69, 9.17) is 14.2 Å². The standard InChI is InChI=1S/C19H20O11/c20-7-13-17(30-18(27)8-5-11(22)14(24)12(23)6-8)15(25)16(26)19(29-13)28-10-3-1-9(21)2-4-10/h1-6,13,15-17,19-26H,7H2. The van der Waals surface area contributed by atoms with Gasteiger partial charge in [-0.15, -0.1) is 0 Å². The van der Waals surface area contributed by atoms with Crippen LogP contribution in [0.3, 0.4) is 0 Å². The fraction of sp³-hybridized carbons (Fsp3) is 0.316. The highest BCUT2D eigenvalue weighted by atomic mass is 16.7. The maximum Gasteiger partial charge on any atom is 0.338 e. The number of aliphatic hydroxyl groups is 3. The Labute approximate surface area is 169 Å². The van der Waals surface area contributed by atoms with Crippen LogP contribution in [-0.2, 0) is 9.47 Å². The molecule has 2 aromatic carbocycles. The third kappa shape index (κ3) is 4.33. The smallest absolute Gasteiger partial charge is 0.338 e. The molecule has 3 rings (SSSR count). The lowest BCUT2D eigenvalue weighted by atomic mass is 9.99. The number of hydrogen-bond donors (Lipinski definition) is 7. The van der Waals surface area contributed by atoms with Crippen LogP contribution in [0.4, 0.5) is 0 Å². The maximum absolute atomic E-state index is 12.3. The van der Waals surface area contributed by atoms with Gasteiger partial charge in [-0.2, -0.15) is 0 Å². The molecule has 1 heterocycles. The second-order valence-corrected chi connectivity index (χ2v) is 6.55. The number of phenolic OH excluding ortho intramolecular Hbond substituents is 4. The molecule has 1 aliphatic heterocycles. The summed E-state index contributed by atoms with van der Waals surface area (Å²) in [7, 11) is 0. The molecule has 0 saturated carbocycles. The van der Waals surface area contributed by atoms with E-state index in [9.17, 15) is 40.5 Å². The van der Waals surface area contributed by atoms with Gasteiger partial charge in [-0.25, -0.2) is 4.79 Å². The second kappa shape index (κ2) is 8.63. The normalized spacial score (nSPS) is 26.2. The van der Waals surface area contributed by atoms with E-state index >= 15 is 0 Å². The Morgan fingerprint density at radius 2 is 1.57 bits per heavy atom. The molecule has 0 aliphatic carbocycles. The quantitative estimate of drug-likeness (QED) is 0.243. The van der Waals surface area contributed by atoms with Gasteiger partial charge in [0.15, 0.2) is 23.4 Å². The van der Waals surface area contributed by atoms with E-state index < -0.39 is 60.5 Å². The van der Waals surface area contributed by atoms with E-state index in [2.05, 4.69) is 0 Å². The number of aliphatic hydroxyl groups excluding tert-OH is 3. The molecule has 30 heavy (non-hydrogen) atoms. The third-order valence-electron chi connectivity index (χ3n) is 4.46. The lowest BCUT2D eigenvalue weighted by Gasteiger charge is -2.41. The van der Waals surface area contributed by atoms with Gasteiger partial charge < -0.3 is 50.0 Å². The van der Waals surface area contributed by atoms with Crippen molar-refractivity contribution in [1.82, 2.24) is 0 Å². The molecule has 1 fully saturated rings. The summed E-state index contributed by atoms with van der Waals surface area (Å²) in [5.74, 6) is -3.32. The summed E-state index contributed by atoms with van der Waals surface area (Å²) < 4.78 is 15.9. The van der Waals surface area contributed by atoms with Crippen LogP contribution >= 0.6 is 0 Å². The third-order valence-corrected chi connectivity index (χ3v) is 4.46. The molecule has 5 atom stereocenters. The summed E-state index contributed by atoms with van der Waals surface area (Å²) in [6.45, 7) is -0.705. The van der Waals surface area contributed by atoms with Crippen LogP contribution in [-0.4, -0.2) is 79.0 Å². The first kappa shape index (κ1) is 21.5. The fourth-order valence-corrected chi connectivity index (χ4v) is 2.87. The van der Waals surface area contributed by atoms with Gasteiger partial charge in [-0.3, -0.25) is 0 Å². The minimum atomic E-state index is -1.72. The molecule has 5 unspecified atom stereocenters. The van der Waals surface area contributed by atoms with Crippen LogP contribution in [0.2, 0.25) is 0 Å². The minimum Gasteiger partial charge on any atom is -0.508 e. The Morgan fingerprint density at radius 1 is 0.967 bits per heavy atom. The lowest BCUT2D eigenvalue weighted by molar-refractivity contribution is -0.276. The van der Waals surface area contributed by atoms with Crippen LogP contribution in [0, 0.1) is 0 Å². The van der Waals surface area contributed by atoms with E-state index in [-0.39, 0.29) is 17.1 Å². The number of carbonyl (C=O) groups is 1. The number of esters is 1. The Morgan fingerprint density at radius 3 is 2.13 bits per heavy atom. The Balaban J connectivity index is 1.74. The topological polar surface area (TPSA) is 186 Å². The van der Waals surface area contributed by atoms with E-state index in [1.54, 1.807) is 0 Å². The molecule has 11 nitrogen and oxygen atoms in total. The largest absolute Gasteiger partial charge is 0.508 e. The highest BCUT2D eigenvalue weighted by molar-refractivity contribution is 5.91. The molecule has 0 bridgehead atoms. The van der Waals surface area contributed by atoms with Gasteiger partial charge in [-0.1, -0.05) is 0 Å². The van der Waals surface area contributed by atoms with Crippen LogP contribution in [0.15, 0.2) is 36.4 Å². The fourth-order valence-electron chi connectivity index (χ4n) is 2.87. The van der Waals surface area contributed by atoms with E-state index in [1.165, 1.54) is 24.3 Å². The minimum absolute atomic E-state index is 0.0148. The maximum atomic E-state index is 12.3. The number of carbonyl (C=O) groups excluding carboxylic acids is 1. The molecule has 0 aromatic heterocycles. The van der Waals surface area contributed by atoms with Gasteiger partial charge >= 0.3 is 5.97 Å². The summed E-state index contributed by atoms with van der Waals surface area (Å²) >= 11 is 0. The monoisotopic (exact) mass is 424 g/mol. The highest BCUT2D eigenvalue weighted by Gasteiger charge is 2.47. The molecule has 2 aromatic rings. The van der Waals surface area contributed by atoms with Crippen molar-refractivity contribution in [3.05, 3.63) is 42.0 Å². The predicted molar refractivity (Wildman–Crippen MR) is 97.1 cm³/mol. The summed E-state index contributed by atoms with van der Waals surface area (Å²) in [6, 6.07) is 7.10. The van der Waals surface area contributed by atoms with Crippen molar-refractivity contribution in [2.75, 3.05) is 6.61 Å². The summed E-state index contributed by atoms with van der Waals surface area (Å²) in [5.41, 5.74) is -0.358. The van der Waals surface area contributed by atoms with Gasteiger partial charge in [0.1, 0.15) is 29.8 Å². The first-order chi connectivity index (χ1) is 14.2. The van der Waals surface area contributed by atoms with Crippen molar-refractivity contribution in [3.8, 4) is 28.7 Å². The molecule has 1 saturated heterocycles. The average molecular weight is 424 g/mol. The zero-order chi connectivity index (χ0) is 22.0. The van der Waals surface area contributed by atoms with Crippen LogP contribution in [0.5, 0.6) is 28.7 Å². The van der Waals surface area contributed by atoms with E-state index in [0.29, 0.717) is 0 Å². The van der Waals surface area contributed by atoms with Crippen molar-refractivity contribution >= 4 is 5.97 Å². The van der Waals surface area contributed by atoms with Crippen molar-refractivity contribution in [1.29, 1.82) is 0 Å². The number of phenols is 4. The van der Waals surface area contributed by atoms with Gasteiger partial charge in [0.2, 0.25) is 6.29 Å². The van der Waals surface area contributed by atoms with Gasteiger partial charge in [-0.05, 0) is 36.4 Å². The number of aromatic hydroxyl groups is 4.